The Hall–Kier alpha value is -2.84. The topological polar surface area (TPSA) is 16.1 Å². The molecule has 2 nitrogen and oxygen atoms in total. The second kappa shape index (κ2) is 10.4. The minimum absolute atomic E-state index is 0.153. The highest BCUT2D eigenvalue weighted by molar-refractivity contribution is 6.30. The van der Waals surface area contributed by atoms with Crippen molar-refractivity contribution >= 4 is 11.6 Å². The Morgan fingerprint density at radius 2 is 1.73 bits per heavy atom. The van der Waals surface area contributed by atoms with Gasteiger partial charge in [0, 0.05) is 34.2 Å². The highest BCUT2D eigenvalue weighted by Crippen LogP contribution is 2.43. The predicted molar refractivity (Wildman–Crippen MR) is 139 cm³/mol. The number of halogens is 1. The SMILES string of the molecule is C=C1CCC(c2ccccc2)N1C(=C)CC(c1ccc(Cl)cc1)c1ccc(CC(C)C)nc1. The monoisotopic (exact) mass is 456 g/mol. The van der Waals surface area contributed by atoms with Gasteiger partial charge in [-0.25, -0.2) is 0 Å². The number of nitrogens with zero attached hydrogens (tertiary/aromatic N) is 2. The molecule has 1 aromatic heterocycles. The van der Waals surface area contributed by atoms with Gasteiger partial charge in [0.25, 0.3) is 0 Å². The first kappa shape index (κ1) is 23.3. The molecule has 0 aliphatic carbocycles. The number of allylic oxidation sites excluding steroid dienone is 2. The van der Waals surface area contributed by atoms with E-state index in [4.69, 9.17) is 16.6 Å². The van der Waals surface area contributed by atoms with E-state index in [0.717, 1.165) is 47.8 Å². The highest BCUT2D eigenvalue weighted by atomic mass is 35.5. The molecule has 0 saturated carbocycles. The zero-order valence-electron chi connectivity index (χ0n) is 19.7. The molecule has 170 valence electrons. The van der Waals surface area contributed by atoms with Crippen LogP contribution < -0.4 is 0 Å². The van der Waals surface area contributed by atoms with Gasteiger partial charge in [0.1, 0.15) is 0 Å². The van der Waals surface area contributed by atoms with Crippen LogP contribution in [0.25, 0.3) is 0 Å². The lowest BCUT2D eigenvalue weighted by atomic mass is 9.87. The summed E-state index contributed by atoms with van der Waals surface area (Å²) in [5, 5.41) is 0.749. The Morgan fingerprint density at radius 1 is 1.03 bits per heavy atom. The van der Waals surface area contributed by atoms with Crippen molar-refractivity contribution in [1.29, 1.82) is 0 Å². The zero-order valence-corrected chi connectivity index (χ0v) is 20.4. The summed E-state index contributed by atoms with van der Waals surface area (Å²) >= 11 is 6.20. The highest BCUT2D eigenvalue weighted by Gasteiger charge is 2.31. The summed E-state index contributed by atoms with van der Waals surface area (Å²) in [5.74, 6) is 0.742. The molecule has 2 aromatic carbocycles. The number of benzene rings is 2. The molecule has 2 heterocycles. The van der Waals surface area contributed by atoms with Crippen molar-refractivity contribution in [3.05, 3.63) is 125 Å². The quantitative estimate of drug-likeness (QED) is 0.338. The van der Waals surface area contributed by atoms with Crippen LogP contribution in [0.4, 0.5) is 0 Å². The number of hydrogen-bond acceptors (Lipinski definition) is 2. The number of hydrogen-bond donors (Lipinski definition) is 0. The van der Waals surface area contributed by atoms with Crippen molar-refractivity contribution in [2.24, 2.45) is 5.92 Å². The van der Waals surface area contributed by atoms with E-state index in [0.29, 0.717) is 12.0 Å². The maximum absolute atomic E-state index is 6.20. The van der Waals surface area contributed by atoms with Gasteiger partial charge in [-0.15, -0.1) is 0 Å². The van der Waals surface area contributed by atoms with E-state index in [2.05, 4.69) is 86.5 Å². The lowest BCUT2D eigenvalue weighted by Crippen LogP contribution is -2.22. The van der Waals surface area contributed by atoms with Crippen LogP contribution in [-0.4, -0.2) is 9.88 Å². The van der Waals surface area contributed by atoms with Crippen LogP contribution in [-0.2, 0) is 6.42 Å². The van der Waals surface area contributed by atoms with Gasteiger partial charge < -0.3 is 4.90 Å². The molecule has 2 atom stereocenters. The van der Waals surface area contributed by atoms with E-state index in [1.54, 1.807) is 0 Å². The van der Waals surface area contributed by atoms with Crippen molar-refractivity contribution in [2.45, 2.75) is 51.5 Å². The Balaban J connectivity index is 1.62. The summed E-state index contributed by atoms with van der Waals surface area (Å²) in [4.78, 5) is 7.14. The van der Waals surface area contributed by atoms with E-state index in [1.807, 2.05) is 18.3 Å². The number of aromatic nitrogens is 1. The molecule has 1 fully saturated rings. The lowest BCUT2D eigenvalue weighted by molar-refractivity contribution is 0.355. The maximum Gasteiger partial charge on any atom is 0.0588 e. The van der Waals surface area contributed by atoms with Crippen LogP contribution >= 0.6 is 11.6 Å². The largest absolute Gasteiger partial charge is 0.342 e. The molecule has 2 unspecified atom stereocenters. The second-order valence-corrected chi connectivity index (χ2v) is 9.89. The smallest absolute Gasteiger partial charge is 0.0588 e. The molecule has 1 aliphatic rings. The number of rotatable bonds is 8. The van der Waals surface area contributed by atoms with Crippen LogP contribution in [0.15, 0.2) is 97.5 Å². The van der Waals surface area contributed by atoms with Gasteiger partial charge in [-0.1, -0.05) is 87.1 Å². The minimum atomic E-state index is 0.153. The predicted octanol–water partition coefficient (Wildman–Crippen LogP) is 8.32. The van der Waals surface area contributed by atoms with Crippen molar-refractivity contribution in [1.82, 2.24) is 9.88 Å². The van der Waals surface area contributed by atoms with Gasteiger partial charge in [0.15, 0.2) is 0 Å². The van der Waals surface area contributed by atoms with E-state index in [-0.39, 0.29) is 5.92 Å². The summed E-state index contributed by atoms with van der Waals surface area (Å²) in [7, 11) is 0. The van der Waals surface area contributed by atoms with Gasteiger partial charge in [0.05, 0.1) is 6.04 Å². The number of likely N-dealkylation sites (tertiary alicyclic amines) is 1. The van der Waals surface area contributed by atoms with E-state index in [1.165, 1.54) is 16.7 Å². The molecule has 0 radical (unpaired) electrons. The Bertz CT molecular complexity index is 1080. The third-order valence-corrected chi connectivity index (χ3v) is 6.72. The summed E-state index contributed by atoms with van der Waals surface area (Å²) < 4.78 is 0. The molecular formula is C30H33ClN2. The van der Waals surface area contributed by atoms with E-state index in [9.17, 15) is 0 Å². The van der Waals surface area contributed by atoms with Gasteiger partial charge in [-0.05, 0) is 66.5 Å². The Morgan fingerprint density at radius 3 is 2.36 bits per heavy atom. The normalized spacial score (nSPS) is 16.9. The molecule has 4 rings (SSSR count). The lowest BCUT2D eigenvalue weighted by Gasteiger charge is -2.32. The molecule has 0 N–H and O–H groups in total. The molecule has 33 heavy (non-hydrogen) atoms. The van der Waals surface area contributed by atoms with Crippen LogP contribution in [0.2, 0.25) is 5.02 Å². The third-order valence-electron chi connectivity index (χ3n) is 6.46. The summed E-state index contributed by atoms with van der Waals surface area (Å²) in [6.45, 7) is 13.4. The minimum Gasteiger partial charge on any atom is -0.342 e. The van der Waals surface area contributed by atoms with Crippen LogP contribution in [0.1, 0.15) is 67.5 Å². The second-order valence-electron chi connectivity index (χ2n) is 9.46. The fourth-order valence-electron chi connectivity index (χ4n) is 4.85. The first-order chi connectivity index (χ1) is 15.9. The van der Waals surface area contributed by atoms with E-state index >= 15 is 0 Å². The average Bonchev–Trinajstić information content (AvgIpc) is 3.20. The fraction of sp³-hybridized carbons (Fsp3) is 0.300. The Kier molecular flexibility index (Phi) is 7.35. The molecule has 1 saturated heterocycles. The first-order valence-electron chi connectivity index (χ1n) is 11.8. The molecule has 0 bridgehead atoms. The van der Waals surface area contributed by atoms with Crippen LogP contribution in [0, 0.1) is 5.92 Å². The summed E-state index contributed by atoms with van der Waals surface area (Å²) in [5.41, 5.74) is 7.12. The molecular weight excluding hydrogens is 424 g/mol. The average molecular weight is 457 g/mol. The van der Waals surface area contributed by atoms with Crippen LogP contribution in [0.5, 0.6) is 0 Å². The van der Waals surface area contributed by atoms with Gasteiger partial charge in [-0.2, -0.15) is 0 Å². The van der Waals surface area contributed by atoms with Crippen molar-refractivity contribution in [3.8, 4) is 0 Å². The standard InChI is InChI=1S/C30H33ClN2/c1-21(2)18-28-16-13-26(20-32-28)29(24-11-14-27(31)15-12-24)19-23(4)33-22(3)10-17-30(33)25-8-6-5-7-9-25/h5-9,11-16,20-21,29-30H,3-4,10,17-19H2,1-2H3. The molecule has 1 aliphatic heterocycles. The number of pyridine rings is 1. The maximum atomic E-state index is 6.20. The summed E-state index contributed by atoms with van der Waals surface area (Å²) in [6.07, 6.45) is 5.90. The van der Waals surface area contributed by atoms with Gasteiger partial charge >= 0.3 is 0 Å². The third kappa shape index (κ3) is 5.57. The zero-order chi connectivity index (χ0) is 23.4. The molecule has 3 heteroatoms. The van der Waals surface area contributed by atoms with Crippen molar-refractivity contribution < 1.29 is 0 Å². The van der Waals surface area contributed by atoms with Crippen molar-refractivity contribution in [2.75, 3.05) is 0 Å². The van der Waals surface area contributed by atoms with Gasteiger partial charge in [-0.3, -0.25) is 4.98 Å². The Labute approximate surface area is 203 Å². The molecule has 0 amide bonds. The van der Waals surface area contributed by atoms with Crippen LogP contribution in [0.3, 0.4) is 0 Å². The molecule has 0 spiro atoms. The fourth-order valence-corrected chi connectivity index (χ4v) is 4.97. The van der Waals surface area contributed by atoms with Gasteiger partial charge in [0.2, 0.25) is 0 Å². The molecule has 3 aromatic rings. The summed E-state index contributed by atoms with van der Waals surface area (Å²) in [6, 6.07) is 23.6. The first-order valence-corrected chi connectivity index (χ1v) is 12.2. The van der Waals surface area contributed by atoms with Crippen molar-refractivity contribution in [3.63, 3.8) is 0 Å². The van der Waals surface area contributed by atoms with E-state index < -0.39 is 0 Å².